The van der Waals surface area contributed by atoms with Gasteiger partial charge in [-0.25, -0.2) is 14.4 Å². The Kier molecular flexibility index (Phi) is 6.98. The largest absolute Gasteiger partial charge is 0.428 e. The maximum Gasteiger partial charge on any atom is 0.428 e. The maximum absolute atomic E-state index is 13.2. The highest BCUT2D eigenvalue weighted by atomic mass is 19.4. The number of nitrogens with one attached hydrogen (secondary N) is 1. The minimum atomic E-state index is -4.71. The maximum atomic E-state index is 13.2. The number of morpholine rings is 1. The minimum Gasteiger partial charge on any atom is -0.410 e. The molecule has 1 heterocycles. The van der Waals surface area contributed by atoms with Crippen molar-refractivity contribution in [1.29, 1.82) is 0 Å². The molecule has 8 nitrogen and oxygen atoms in total. The lowest BCUT2D eigenvalue weighted by atomic mass is 10.2. The van der Waals surface area contributed by atoms with Crippen molar-refractivity contribution in [3.63, 3.8) is 0 Å². The number of ether oxygens (including phenoxy) is 2. The highest BCUT2D eigenvalue weighted by Crippen LogP contribution is 2.32. The lowest BCUT2D eigenvalue weighted by Gasteiger charge is -2.28. The number of halogens is 3. The Bertz CT molecular complexity index is 989. The van der Waals surface area contributed by atoms with Gasteiger partial charge in [0.2, 0.25) is 0 Å². The quantitative estimate of drug-likeness (QED) is 0.740. The van der Waals surface area contributed by atoms with Crippen LogP contribution in [0.25, 0.3) is 0 Å². The van der Waals surface area contributed by atoms with Crippen LogP contribution in [0.1, 0.15) is 11.1 Å². The van der Waals surface area contributed by atoms with Gasteiger partial charge in [0.25, 0.3) is 0 Å². The molecular formula is C21H20F3N3O5. The molecule has 3 rings (SSSR count). The van der Waals surface area contributed by atoms with Crippen molar-refractivity contribution in [1.82, 2.24) is 10.2 Å². The molecule has 32 heavy (non-hydrogen) atoms. The zero-order valence-corrected chi connectivity index (χ0v) is 17.0. The summed E-state index contributed by atoms with van der Waals surface area (Å²) in [6.07, 6.45) is -5.98. The summed E-state index contributed by atoms with van der Waals surface area (Å²) in [5, 5.41) is 2.02. The van der Waals surface area contributed by atoms with Gasteiger partial charge in [-0.05, 0) is 37.3 Å². The Labute approximate surface area is 181 Å². The molecule has 1 N–H and O–H groups in total. The normalized spacial score (nSPS) is 13.9. The number of urea groups is 2. The molecule has 0 bridgehead atoms. The number of aryl methyl sites for hydroxylation is 1. The van der Waals surface area contributed by atoms with Crippen LogP contribution in [0.2, 0.25) is 0 Å². The topological polar surface area (TPSA) is 88.2 Å². The number of hydrogen-bond donors (Lipinski definition) is 1. The first-order valence-electron chi connectivity index (χ1n) is 9.58. The van der Waals surface area contributed by atoms with Crippen LogP contribution in [0.5, 0.6) is 5.75 Å². The standard InChI is InChI=1S/C21H20F3N3O5/c1-14-5-7-17(8-6-14)32-20(30)27(16-4-2-3-15(13-16)21(22,23)24)19(29)25-18(28)26-9-11-31-12-10-26/h2-8,13H,9-12H2,1H3,(H,25,28,29). The number of carbonyl (C=O) groups is 3. The summed E-state index contributed by atoms with van der Waals surface area (Å²) in [5.74, 6) is 0.0740. The van der Waals surface area contributed by atoms with Gasteiger partial charge in [-0.1, -0.05) is 23.8 Å². The third-order valence-electron chi connectivity index (χ3n) is 4.56. The number of benzene rings is 2. The van der Waals surface area contributed by atoms with Crippen LogP contribution in [-0.4, -0.2) is 49.4 Å². The fraction of sp³-hybridized carbons (Fsp3) is 0.286. The Balaban J connectivity index is 1.87. The monoisotopic (exact) mass is 451 g/mol. The second-order valence-corrected chi connectivity index (χ2v) is 6.90. The van der Waals surface area contributed by atoms with E-state index < -0.39 is 35.6 Å². The summed E-state index contributed by atoms with van der Waals surface area (Å²) >= 11 is 0. The molecule has 5 amide bonds. The third-order valence-corrected chi connectivity index (χ3v) is 4.56. The molecule has 0 aromatic heterocycles. The first kappa shape index (κ1) is 23.1. The van der Waals surface area contributed by atoms with E-state index in [1.54, 1.807) is 12.1 Å². The summed E-state index contributed by atoms with van der Waals surface area (Å²) in [4.78, 5) is 39.6. The van der Waals surface area contributed by atoms with E-state index in [0.29, 0.717) is 11.0 Å². The van der Waals surface area contributed by atoms with Crippen LogP contribution < -0.4 is 15.0 Å². The van der Waals surface area contributed by atoms with Gasteiger partial charge in [0.05, 0.1) is 24.5 Å². The van der Waals surface area contributed by atoms with E-state index >= 15 is 0 Å². The SMILES string of the molecule is Cc1ccc(OC(=O)N(C(=O)NC(=O)N2CCOCC2)c2cccc(C(F)(F)F)c2)cc1. The molecular weight excluding hydrogens is 431 g/mol. The fourth-order valence-corrected chi connectivity index (χ4v) is 2.87. The predicted molar refractivity (Wildman–Crippen MR) is 107 cm³/mol. The lowest BCUT2D eigenvalue weighted by molar-refractivity contribution is -0.137. The van der Waals surface area contributed by atoms with Crippen LogP contribution in [-0.2, 0) is 10.9 Å². The molecule has 2 aromatic carbocycles. The molecule has 1 aliphatic rings. The van der Waals surface area contributed by atoms with Gasteiger partial charge in [-0.3, -0.25) is 5.32 Å². The summed E-state index contributed by atoms with van der Waals surface area (Å²) in [7, 11) is 0. The van der Waals surface area contributed by atoms with Crippen molar-refractivity contribution in [2.75, 3.05) is 31.2 Å². The summed E-state index contributed by atoms with van der Waals surface area (Å²) in [6, 6.07) is 7.77. The predicted octanol–water partition coefficient (Wildman–Crippen LogP) is 4.18. The van der Waals surface area contributed by atoms with Gasteiger partial charge in [0.15, 0.2) is 0 Å². The number of alkyl halides is 3. The lowest BCUT2D eigenvalue weighted by Crippen LogP contribution is -2.53. The molecule has 0 spiro atoms. The number of carbonyl (C=O) groups excluding carboxylic acids is 3. The van der Waals surface area contributed by atoms with Crippen LogP contribution in [0.15, 0.2) is 48.5 Å². The van der Waals surface area contributed by atoms with E-state index in [-0.39, 0.29) is 32.1 Å². The first-order chi connectivity index (χ1) is 15.1. The van der Waals surface area contributed by atoms with Crippen LogP contribution in [0, 0.1) is 6.92 Å². The molecule has 0 radical (unpaired) electrons. The fourth-order valence-electron chi connectivity index (χ4n) is 2.87. The van der Waals surface area contributed by atoms with E-state index in [9.17, 15) is 27.6 Å². The van der Waals surface area contributed by atoms with Gasteiger partial charge in [0.1, 0.15) is 5.75 Å². The molecule has 0 saturated carbocycles. The summed E-state index contributed by atoms with van der Waals surface area (Å²) < 4.78 is 49.8. The second-order valence-electron chi connectivity index (χ2n) is 6.90. The van der Waals surface area contributed by atoms with Gasteiger partial charge >= 0.3 is 24.3 Å². The number of nitrogens with zero attached hydrogens (tertiary/aromatic N) is 2. The summed E-state index contributed by atoms with van der Waals surface area (Å²) in [5.41, 5.74) is -0.604. The number of imide groups is 2. The van der Waals surface area contributed by atoms with Gasteiger partial charge in [-0.15, -0.1) is 0 Å². The van der Waals surface area contributed by atoms with Gasteiger partial charge in [0, 0.05) is 13.1 Å². The first-order valence-corrected chi connectivity index (χ1v) is 9.58. The Morgan fingerprint density at radius 2 is 1.72 bits per heavy atom. The molecule has 170 valence electrons. The number of hydrogen-bond acceptors (Lipinski definition) is 5. The molecule has 0 unspecified atom stereocenters. The average molecular weight is 451 g/mol. The Morgan fingerprint density at radius 3 is 2.34 bits per heavy atom. The Morgan fingerprint density at radius 1 is 1.06 bits per heavy atom. The van der Waals surface area contributed by atoms with Crippen LogP contribution in [0.3, 0.4) is 0 Å². The van der Waals surface area contributed by atoms with Crippen LogP contribution in [0.4, 0.5) is 33.2 Å². The van der Waals surface area contributed by atoms with Gasteiger partial charge < -0.3 is 14.4 Å². The van der Waals surface area contributed by atoms with E-state index in [4.69, 9.17) is 9.47 Å². The molecule has 1 fully saturated rings. The highest BCUT2D eigenvalue weighted by molar-refractivity contribution is 6.15. The number of amides is 5. The number of anilines is 1. The van der Waals surface area contributed by atoms with Crippen molar-refractivity contribution >= 4 is 23.8 Å². The zero-order chi connectivity index (χ0) is 23.3. The molecule has 0 aliphatic carbocycles. The average Bonchev–Trinajstić information content (AvgIpc) is 2.76. The minimum absolute atomic E-state index is 0.0740. The molecule has 2 aromatic rings. The Hall–Kier alpha value is -3.60. The van der Waals surface area contributed by atoms with Gasteiger partial charge in [-0.2, -0.15) is 18.1 Å². The van der Waals surface area contributed by atoms with E-state index in [1.165, 1.54) is 17.0 Å². The van der Waals surface area contributed by atoms with Crippen molar-refractivity contribution in [3.05, 3.63) is 59.7 Å². The number of rotatable bonds is 2. The summed E-state index contributed by atoms with van der Waals surface area (Å²) in [6.45, 7) is 2.79. The third kappa shape index (κ3) is 5.76. The van der Waals surface area contributed by atoms with E-state index in [0.717, 1.165) is 23.8 Å². The van der Waals surface area contributed by atoms with E-state index in [2.05, 4.69) is 0 Å². The molecule has 1 aliphatic heterocycles. The van der Waals surface area contributed by atoms with Crippen molar-refractivity contribution in [2.45, 2.75) is 13.1 Å². The van der Waals surface area contributed by atoms with Crippen molar-refractivity contribution in [2.24, 2.45) is 0 Å². The smallest absolute Gasteiger partial charge is 0.410 e. The molecule has 11 heteroatoms. The van der Waals surface area contributed by atoms with Crippen molar-refractivity contribution in [3.8, 4) is 5.75 Å². The second kappa shape index (κ2) is 9.69. The molecule has 1 saturated heterocycles. The zero-order valence-electron chi connectivity index (χ0n) is 17.0. The van der Waals surface area contributed by atoms with Crippen LogP contribution >= 0.6 is 0 Å². The molecule has 0 atom stereocenters. The highest BCUT2D eigenvalue weighted by Gasteiger charge is 2.34. The van der Waals surface area contributed by atoms with E-state index in [1.807, 2.05) is 12.2 Å². The van der Waals surface area contributed by atoms with Crippen molar-refractivity contribution < 1.29 is 37.0 Å².